The van der Waals surface area contributed by atoms with Crippen LogP contribution in [0.3, 0.4) is 0 Å². The van der Waals surface area contributed by atoms with Crippen molar-refractivity contribution in [1.29, 1.82) is 0 Å². The Kier molecular flexibility index (Phi) is 12.3. The van der Waals surface area contributed by atoms with E-state index in [9.17, 15) is 14.4 Å². The van der Waals surface area contributed by atoms with Crippen LogP contribution in [0.2, 0.25) is 0 Å². The summed E-state index contributed by atoms with van der Waals surface area (Å²) in [7, 11) is 0. The maximum Gasteiger partial charge on any atom is 0 e. The van der Waals surface area contributed by atoms with Gasteiger partial charge in [-0.25, -0.2) is 4.79 Å². The van der Waals surface area contributed by atoms with Crippen molar-refractivity contribution in [2.75, 3.05) is 0 Å². The van der Waals surface area contributed by atoms with Gasteiger partial charge in [0.1, 0.15) is 0 Å². The maximum atomic E-state index is 10.3. The molecule has 0 aliphatic carbocycles. The van der Waals surface area contributed by atoms with Crippen molar-refractivity contribution in [3.8, 4) is 0 Å². The van der Waals surface area contributed by atoms with E-state index in [-0.39, 0.29) is 70.6 Å². The second-order valence-electron chi connectivity index (χ2n) is 2.48. The summed E-state index contributed by atoms with van der Waals surface area (Å²) in [6.45, 7) is 0. The minimum absolute atomic E-state index is 0. The van der Waals surface area contributed by atoms with Crippen molar-refractivity contribution in [2.24, 2.45) is 0 Å². The third kappa shape index (κ3) is 8.46. The molecule has 0 fully saturated rings. The largest absolute Gasteiger partial charge is 0 e. The molecule has 0 atom stereocenters. The number of carboxylic acid groups (broad SMARTS) is 3. The van der Waals surface area contributed by atoms with Crippen LogP contribution in [0.4, 0.5) is 0 Å². The summed E-state index contributed by atoms with van der Waals surface area (Å²) in [5, 5.41) is 33.8. The molecule has 0 spiro atoms. The van der Waals surface area contributed by atoms with Gasteiger partial charge in [-0.15, -0.1) is 0 Å². The van der Waals surface area contributed by atoms with Gasteiger partial charge < -0.3 is 20.4 Å². The van der Waals surface area contributed by atoms with Crippen molar-refractivity contribution in [2.45, 2.75) is 18.4 Å². The molecule has 0 aromatic heterocycles. The zero-order valence-electron chi connectivity index (χ0n) is 6.93. The van der Waals surface area contributed by atoms with Crippen LogP contribution in [0.5, 0.6) is 0 Å². The molecule has 7 nitrogen and oxygen atoms in total. The Labute approximate surface area is 140 Å². The normalized spacial score (nSPS) is 9.40. The Morgan fingerprint density at radius 3 is 1.33 bits per heavy atom. The van der Waals surface area contributed by atoms with Crippen LogP contribution in [0, 0.1) is 0 Å². The molecule has 0 heterocycles. The van der Waals surface area contributed by atoms with Gasteiger partial charge in [0.15, 0.2) is 5.60 Å². The SMILES string of the molecule is O=C(O)CC(O)(CC(=O)O)C(=O)O.[BaH2].[Ti]. The smallest absolute Gasteiger partial charge is 0 e. The Morgan fingerprint density at radius 1 is 0.933 bits per heavy atom. The molecular formula is C6H10BaO7Ti. The Bertz CT molecular complexity index is 238. The van der Waals surface area contributed by atoms with E-state index in [4.69, 9.17) is 20.4 Å². The summed E-state index contributed by atoms with van der Waals surface area (Å²) in [4.78, 5) is 30.5. The first-order chi connectivity index (χ1) is 5.78. The third-order valence-corrected chi connectivity index (χ3v) is 1.29. The van der Waals surface area contributed by atoms with Crippen LogP contribution < -0.4 is 0 Å². The van der Waals surface area contributed by atoms with Crippen molar-refractivity contribution >= 4 is 66.8 Å². The fourth-order valence-electron chi connectivity index (χ4n) is 0.714. The molecule has 82 valence electrons. The van der Waals surface area contributed by atoms with E-state index >= 15 is 0 Å². The molecule has 9 heteroatoms. The van der Waals surface area contributed by atoms with E-state index < -0.39 is 36.4 Å². The second kappa shape index (κ2) is 8.77. The molecule has 0 unspecified atom stereocenters. The van der Waals surface area contributed by atoms with Gasteiger partial charge in [0, 0.05) is 21.7 Å². The maximum absolute atomic E-state index is 10.3. The van der Waals surface area contributed by atoms with Gasteiger partial charge >= 0.3 is 66.8 Å². The first-order valence-corrected chi connectivity index (χ1v) is 3.17. The van der Waals surface area contributed by atoms with Crippen molar-refractivity contribution in [1.82, 2.24) is 0 Å². The molecule has 0 radical (unpaired) electrons. The summed E-state index contributed by atoms with van der Waals surface area (Å²) in [6, 6.07) is 0. The summed E-state index contributed by atoms with van der Waals surface area (Å²) in [6.07, 6.45) is -2.29. The first kappa shape index (κ1) is 21.0. The van der Waals surface area contributed by atoms with Crippen LogP contribution in [0.1, 0.15) is 12.8 Å². The second-order valence-corrected chi connectivity index (χ2v) is 2.48. The van der Waals surface area contributed by atoms with Gasteiger partial charge in [0.2, 0.25) is 0 Å². The monoisotopic (exact) mass is 380 g/mol. The van der Waals surface area contributed by atoms with Gasteiger partial charge in [-0.3, -0.25) is 9.59 Å². The molecule has 0 aliphatic heterocycles. The van der Waals surface area contributed by atoms with Gasteiger partial charge in [-0.05, 0) is 0 Å². The fraction of sp³-hybridized carbons (Fsp3) is 0.500. The zero-order chi connectivity index (χ0) is 10.6. The minimum atomic E-state index is -2.74. The standard InChI is InChI=1S/C6H8O7.Ba.Ti.2H/c7-3(8)1-6(13,5(11)12)2-4(9)10;;;;/h13H,1-2H2,(H,7,8)(H,9,10)(H,11,12);;;;. The van der Waals surface area contributed by atoms with E-state index in [1.165, 1.54) is 0 Å². The average molecular weight is 379 g/mol. The predicted octanol–water partition coefficient (Wildman–Crippen LogP) is -2.17. The topological polar surface area (TPSA) is 132 Å². The minimum Gasteiger partial charge on any atom is 0 e. The van der Waals surface area contributed by atoms with Crippen LogP contribution in [0.25, 0.3) is 0 Å². The van der Waals surface area contributed by atoms with Crippen LogP contribution in [-0.2, 0) is 36.1 Å². The number of carboxylic acids is 3. The van der Waals surface area contributed by atoms with Crippen LogP contribution in [0.15, 0.2) is 0 Å². The molecule has 4 N–H and O–H groups in total. The summed E-state index contributed by atoms with van der Waals surface area (Å²) in [5.74, 6) is -5.02. The van der Waals surface area contributed by atoms with Crippen molar-refractivity contribution in [3.63, 3.8) is 0 Å². The van der Waals surface area contributed by atoms with Gasteiger partial charge in [-0.2, -0.15) is 0 Å². The molecule has 0 saturated carbocycles. The molecule has 0 amide bonds. The molecule has 0 aromatic carbocycles. The number of hydrogen-bond donors (Lipinski definition) is 4. The van der Waals surface area contributed by atoms with E-state index in [1.54, 1.807) is 0 Å². The van der Waals surface area contributed by atoms with Gasteiger partial charge in [0.05, 0.1) is 12.8 Å². The van der Waals surface area contributed by atoms with Gasteiger partial charge in [-0.1, -0.05) is 0 Å². The Balaban J connectivity index is -0.000000720. The zero-order valence-corrected chi connectivity index (χ0v) is 8.49. The Hall–Kier alpha value is 0.656. The van der Waals surface area contributed by atoms with Crippen molar-refractivity contribution < 1.29 is 56.5 Å². The quantitative estimate of drug-likeness (QED) is 0.400. The number of rotatable bonds is 5. The predicted molar refractivity (Wildman–Crippen MR) is 45.6 cm³/mol. The third-order valence-electron chi connectivity index (χ3n) is 1.29. The number of carbonyl (C=O) groups is 3. The molecule has 0 bridgehead atoms. The first-order valence-electron chi connectivity index (χ1n) is 3.17. The van der Waals surface area contributed by atoms with Crippen LogP contribution >= 0.6 is 0 Å². The van der Waals surface area contributed by atoms with E-state index in [0.29, 0.717) is 0 Å². The molecule has 0 aromatic rings. The number of aliphatic carboxylic acids is 3. The number of hydrogen-bond acceptors (Lipinski definition) is 4. The number of aliphatic hydroxyl groups is 1. The van der Waals surface area contributed by atoms with Crippen LogP contribution in [-0.4, -0.2) is 92.8 Å². The molecule has 15 heavy (non-hydrogen) atoms. The summed E-state index contributed by atoms with van der Waals surface area (Å²) in [5.41, 5.74) is -2.74. The van der Waals surface area contributed by atoms with E-state index in [0.717, 1.165) is 0 Å². The fourth-order valence-corrected chi connectivity index (χ4v) is 0.714. The molecule has 0 aliphatic rings. The van der Waals surface area contributed by atoms with Crippen molar-refractivity contribution in [3.05, 3.63) is 0 Å². The molecule has 0 saturated heterocycles. The van der Waals surface area contributed by atoms with E-state index in [1.807, 2.05) is 0 Å². The summed E-state index contributed by atoms with van der Waals surface area (Å²) < 4.78 is 0. The van der Waals surface area contributed by atoms with Gasteiger partial charge in [0.25, 0.3) is 0 Å². The molecular weight excluding hydrogens is 369 g/mol. The average Bonchev–Trinajstić information content (AvgIpc) is 1.82. The summed E-state index contributed by atoms with van der Waals surface area (Å²) >= 11 is 0. The molecule has 0 rings (SSSR count). The van der Waals surface area contributed by atoms with E-state index in [2.05, 4.69) is 0 Å². The Morgan fingerprint density at radius 2 is 1.20 bits per heavy atom.